The van der Waals surface area contributed by atoms with Gasteiger partial charge in [-0.05, 0) is 55.7 Å². The zero-order valence-corrected chi connectivity index (χ0v) is 14.6. The Hall–Kier alpha value is -1.72. The number of H-pyrrole nitrogens is 1. The fraction of sp³-hybridized carbons (Fsp3) is 0.294. The van der Waals surface area contributed by atoms with Gasteiger partial charge in [0, 0.05) is 15.8 Å². The Morgan fingerprint density at radius 2 is 2.09 bits per heavy atom. The van der Waals surface area contributed by atoms with Gasteiger partial charge in [0.25, 0.3) is 0 Å². The Labute approximate surface area is 139 Å². The van der Waals surface area contributed by atoms with Gasteiger partial charge in [0.1, 0.15) is 0 Å². The molecule has 0 saturated heterocycles. The van der Waals surface area contributed by atoms with Gasteiger partial charge in [-0.2, -0.15) is 5.10 Å². The van der Waals surface area contributed by atoms with Crippen molar-refractivity contribution in [3.05, 3.63) is 50.4 Å². The van der Waals surface area contributed by atoms with E-state index in [2.05, 4.69) is 60.6 Å². The third-order valence-corrected chi connectivity index (χ3v) is 4.96. The van der Waals surface area contributed by atoms with Gasteiger partial charge in [-0.25, -0.2) is 0 Å². The van der Waals surface area contributed by atoms with Crippen molar-refractivity contribution in [2.24, 2.45) is 0 Å². The van der Waals surface area contributed by atoms with Gasteiger partial charge < -0.3 is 0 Å². The van der Waals surface area contributed by atoms with Crippen LogP contribution in [0.4, 0.5) is 0 Å². The zero-order chi connectivity index (χ0) is 15.7. The number of thiophene rings is 1. The van der Waals surface area contributed by atoms with Crippen LogP contribution < -0.4 is 0 Å². The van der Waals surface area contributed by atoms with Crippen LogP contribution in [0.1, 0.15) is 29.3 Å². The molecule has 114 valence electrons. The van der Waals surface area contributed by atoms with Gasteiger partial charge in [0.05, 0.1) is 5.69 Å². The fourth-order valence-corrected chi connectivity index (χ4v) is 3.75. The zero-order valence-electron chi connectivity index (χ0n) is 13.0. The Morgan fingerprint density at radius 3 is 2.86 bits per heavy atom. The maximum atomic E-state index is 5.46. The van der Waals surface area contributed by atoms with E-state index in [0.717, 1.165) is 29.9 Å². The van der Waals surface area contributed by atoms with E-state index in [0.29, 0.717) is 4.77 Å². The average Bonchev–Trinajstić information content (AvgIpc) is 3.09. The van der Waals surface area contributed by atoms with Gasteiger partial charge in [0.2, 0.25) is 0 Å². The second-order valence-electron chi connectivity index (χ2n) is 5.53. The van der Waals surface area contributed by atoms with Crippen LogP contribution in [-0.2, 0) is 6.42 Å². The summed E-state index contributed by atoms with van der Waals surface area (Å²) in [5, 5.41) is 9.57. The summed E-state index contributed by atoms with van der Waals surface area (Å²) >= 11 is 7.25. The fourth-order valence-electron chi connectivity index (χ4n) is 2.55. The Bertz CT molecular complexity index is 855. The lowest BCUT2D eigenvalue weighted by molar-refractivity contribution is 0.939. The normalized spacial score (nSPS) is 11.0. The number of nitrogens with one attached hydrogen (secondary N) is 1. The van der Waals surface area contributed by atoms with Crippen molar-refractivity contribution in [2.75, 3.05) is 0 Å². The molecule has 22 heavy (non-hydrogen) atoms. The average molecular weight is 329 g/mol. The van der Waals surface area contributed by atoms with Crippen LogP contribution in [0.3, 0.4) is 0 Å². The number of aromatic nitrogens is 3. The van der Waals surface area contributed by atoms with Crippen LogP contribution in [-0.4, -0.2) is 14.8 Å². The first-order valence-corrected chi connectivity index (χ1v) is 8.71. The highest BCUT2D eigenvalue weighted by Crippen LogP contribution is 2.28. The lowest BCUT2D eigenvalue weighted by atomic mass is 10.1. The van der Waals surface area contributed by atoms with E-state index in [1.54, 1.807) is 11.3 Å². The number of hydrogen-bond acceptors (Lipinski definition) is 3. The van der Waals surface area contributed by atoms with E-state index in [-0.39, 0.29) is 0 Å². The number of hydrogen-bond donors (Lipinski definition) is 1. The number of nitrogens with zero attached hydrogens (tertiary/aromatic N) is 2. The molecule has 3 rings (SSSR count). The monoisotopic (exact) mass is 329 g/mol. The maximum absolute atomic E-state index is 5.46. The summed E-state index contributed by atoms with van der Waals surface area (Å²) in [4.78, 5) is 1.39. The number of aryl methyl sites for hydroxylation is 3. The highest BCUT2D eigenvalue weighted by Gasteiger charge is 2.14. The molecule has 2 aromatic heterocycles. The molecule has 0 spiro atoms. The number of rotatable bonds is 4. The summed E-state index contributed by atoms with van der Waals surface area (Å²) in [7, 11) is 0. The molecule has 0 aliphatic carbocycles. The van der Waals surface area contributed by atoms with Gasteiger partial charge in [-0.15, -0.1) is 11.3 Å². The highest BCUT2D eigenvalue weighted by atomic mass is 32.1. The molecule has 0 aliphatic rings. The number of benzene rings is 1. The van der Waals surface area contributed by atoms with Crippen LogP contribution in [0.15, 0.2) is 29.6 Å². The topological polar surface area (TPSA) is 33.6 Å². The highest BCUT2D eigenvalue weighted by molar-refractivity contribution is 7.71. The third-order valence-electron chi connectivity index (χ3n) is 3.69. The van der Waals surface area contributed by atoms with Crippen LogP contribution in [0.2, 0.25) is 0 Å². The first-order valence-electron chi connectivity index (χ1n) is 7.43. The van der Waals surface area contributed by atoms with Gasteiger partial charge in [0.15, 0.2) is 10.6 Å². The van der Waals surface area contributed by atoms with Crippen molar-refractivity contribution in [1.82, 2.24) is 14.8 Å². The SMILES string of the molecule is CCCc1cc(-c2n[nH]c(=S)n2-c2cc(C)ccc2C)cs1. The minimum atomic E-state index is 0.631. The van der Waals surface area contributed by atoms with Gasteiger partial charge in [-0.1, -0.05) is 25.5 Å². The minimum absolute atomic E-state index is 0.631. The standard InChI is InChI=1S/C17H19N3S2/c1-4-5-14-9-13(10-22-14)16-18-19-17(21)20(16)15-8-11(2)6-7-12(15)3/h6-10H,4-5H2,1-3H3,(H,19,21). The molecule has 0 unspecified atom stereocenters. The van der Waals surface area contributed by atoms with E-state index < -0.39 is 0 Å². The molecule has 3 aromatic rings. The lowest BCUT2D eigenvalue weighted by Crippen LogP contribution is -2.00. The first kappa shape index (κ1) is 15.2. The molecular weight excluding hydrogens is 310 g/mol. The van der Waals surface area contributed by atoms with Crippen molar-refractivity contribution < 1.29 is 0 Å². The predicted molar refractivity (Wildman–Crippen MR) is 95.5 cm³/mol. The molecule has 5 heteroatoms. The summed E-state index contributed by atoms with van der Waals surface area (Å²) < 4.78 is 2.67. The number of aromatic amines is 1. The smallest absolute Gasteiger partial charge is 0.200 e. The van der Waals surface area contributed by atoms with Crippen molar-refractivity contribution in [3.8, 4) is 17.1 Å². The molecule has 0 fully saturated rings. The van der Waals surface area contributed by atoms with Crippen LogP contribution in [0.25, 0.3) is 17.1 Å². The van der Waals surface area contributed by atoms with E-state index in [9.17, 15) is 0 Å². The molecular formula is C17H19N3S2. The molecule has 0 aliphatic heterocycles. The van der Waals surface area contributed by atoms with E-state index >= 15 is 0 Å². The van der Waals surface area contributed by atoms with Crippen molar-refractivity contribution >= 4 is 23.6 Å². The second kappa shape index (κ2) is 6.18. The third kappa shape index (κ3) is 2.78. The summed E-state index contributed by atoms with van der Waals surface area (Å²) in [5.41, 5.74) is 4.62. The predicted octanol–water partition coefficient (Wildman–Crippen LogP) is 5.23. The Morgan fingerprint density at radius 1 is 1.27 bits per heavy atom. The molecule has 0 saturated carbocycles. The summed E-state index contributed by atoms with van der Waals surface area (Å²) in [6.45, 7) is 6.39. The van der Waals surface area contributed by atoms with Crippen LogP contribution >= 0.6 is 23.6 Å². The summed E-state index contributed by atoms with van der Waals surface area (Å²) in [6.07, 6.45) is 2.27. The lowest BCUT2D eigenvalue weighted by Gasteiger charge is -2.10. The van der Waals surface area contributed by atoms with Crippen molar-refractivity contribution in [2.45, 2.75) is 33.6 Å². The van der Waals surface area contributed by atoms with Crippen molar-refractivity contribution in [3.63, 3.8) is 0 Å². The molecule has 2 heterocycles. The molecule has 0 atom stereocenters. The molecule has 0 amide bonds. The maximum Gasteiger partial charge on any atom is 0.200 e. The Balaban J connectivity index is 2.15. The van der Waals surface area contributed by atoms with Crippen LogP contribution in [0, 0.1) is 18.6 Å². The first-order chi connectivity index (χ1) is 10.6. The van der Waals surface area contributed by atoms with E-state index in [4.69, 9.17) is 12.2 Å². The van der Waals surface area contributed by atoms with Gasteiger partial charge in [-0.3, -0.25) is 9.67 Å². The van der Waals surface area contributed by atoms with Crippen molar-refractivity contribution in [1.29, 1.82) is 0 Å². The molecule has 1 aromatic carbocycles. The Kier molecular flexibility index (Phi) is 4.27. The minimum Gasteiger partial charge on any atom is -0.268 e. The molecule has 1 N–H and O–H groups in total. The molecule has 0 bridgehead atoms. The van der Waals surface area contributed by atoms with Gasteiger partial charge >= 0.3 is 0 Å². The van der Waals surface area contributed by atoms with Crippen LogP contribution in [0.5, 0.6) is 0 Å². The summed E-state index contributed by atoms with van der Waals surface area (Å²) in [6, 6.07) is 8.62. The largest absolute Gasteiger partial charge is 0.268 e. The molecule has 0 radical (unpaired) electrons. The molecule has 3 nitrogen and oxygen atoms in total. The van der Waals surface area contributed by atoms with E-state index in [1.165, 1.54) is 16.0 Å². The summed E-state index contributed by atoms with van der Waals surface area (Å²) in [5.74, 6) is 0.886. The second-order valence-corrected chi connectivity index (χ2v) is 6.91. The quantitative estimate of drug-likeness (QED) is 0.665. The van der Waals surface area contributed by atoms with E-state index in [1.807, 2.05) is 4.57 Å².